The molecule has 3 nitrogen and oxygen atoms in total. The van der Waals surface area contributed by atoms with E-state index in [0.29, 0.717) is 0 Å². The number of nitrogens with one attached hydrogen (secondary N) is 1. The predicted molar refractivity (Wildman–Crippen MR) is 91.8 cm³/mol. The number of amides is 1. The maximum Gasteiger partial charge on any atom is 0.255 e. The van der Waals surface area contributed by atoms with Gasteiger partial charge < -0.3 is 10.2 Å². The minimum absolute atomic E-state index is 0.0344. The highest BCUT2D eigenvalue weighted by atomic mass is 16.1. The summed E-state index contributed by atoms with van der Waals surface area (Å²) in [5.41, 5.74) is 4.95. The van der Waals surface area contributed by atoms with Crippen LogP contribution in [0.15, 0.2) is 42.5 Å². The van der Waals surface area contributed by atoms with Crippen molar-refractivity contribution in [1.82, 2.24) is 0 Å². The fraction of sp³-hybridized carbons (Fsp3) is 0.316. The van der Waals surface area contributed by atoms with E-state index in [4.69, 9.17) is 0 Å². The molecule has 22 heavy (non-hydrogen) atoms. The molecule has 1 heterocycles. The van der Waals surface area contributed by atoms with Gasteiger partial charge >= 0.3 is 0 Å². The van der Waals surface area contributed by atoms with Crippen LogP contribution in [0.4, 0.5) is 11.4 Å². The van der Waals surface area contributed by atoms with E-state index < -0.39 is 0 Å². The molecule has 1 amide bonds. The summed E-state index contributed by atoms with van der Waals surface area (Å²) in [5.74, 6) is -0.0344. The van der Waals surface area contributed by atoms with Crippen LogP contribution in [-0.2, 0) is 0 Å². The minimum atomic E-state index is -0.0344. The summed E-state index contributed by atoms with van der Waals surface area (Å²) in [6, 6.07) is 13.9. The van der Waals surface area contributed by atoms with E-state index in [0.717, 1.165) is 41.2 Å². The molecule has 3 rings (SSSR count). The topological polar surface area (TPSA) is 32.3 Å². The Morgan fingerprint density at radius 1 is 1.00 bits per heavy atom. The van der Waals surface area contributed by atoms with E-state index in [-0.39, 0.29) is 5.91 Å². The fourth-order valence-corrected chi connectivity index (χ4v) is 3.00. The van der Waals surface area contributed by atoms with Crippen LogP contribution in [0.25, 0.3) is 0 Å². The van der Waals surface area contributed by atoms with Crippen molar-refractivity contribution in [2.24, 2.45) is 0 Å². The van der Waals surface area contributed by atoms with Crippen molar-refractivity contribution in [3.05, 3.63) is 59.2 Å². The second-order valence-corrected chi connectivity index (χ2v) is 5.91. The molecule has 0 atom stereocenters. The maximum absolute atomic E-state index is 12.6. The number of hydrogen-bond donors (Lipinski definition) is 1. The third-order valence-corrected chi connectivity index (χ3v) is 4.45. The third kappa shape index (κ3) is 2.84. The minimum Gasteiger partial charge on any atom is -0.370 e. The van der Waals surface area contributed by atoms with Gasteiger partial charge in [-0.05, 0) is 56.0 Å². The van der Waals surface area contributed by atoms with Crippen LogP contribution in [0.2, 0.25) is 0 Å². The molecule has 0 unspecified atom stereocenters. The van der Waals surface area contributed by atoms with Crippen LogP contribution in [0.1, 0.15) is 34.3 Å². The summed E-state index contributed by atoms with van der Waals surface area (Å²) in [4.78, 5) is 15.0. The highest BCUT2D eigenvalue weighted by Crippen LogP contribution is 2.29. The first kappa shape index (κ1) is 14.6. The van der Waals surface area contributed by atoms with Crippen molar-refractivity contribution in [3.8, 4) is 0 Å². The lowest BCUT2D eigenvalue weighted by molar-refractivity contribution is 0.102. The number of benzene rings is 2. The second-order valence-electron chi connectivity index (χ2n) is 5.91. The maximum atomic E-state index is 12.6. The molecule has 1 fully saturated rings. The summed E-state index contributed by atoms with van der Waals surface area (Å²) < 4.78 is 0. The summed E-state index contributed by atoms with van der Waals surface area (Å²) in [6.45, 7) is 6.16. The Labute approximate surface area is 132 Å². The van der Waals surface area contributed by atoms with Crippen LogP contribution in [0, 0.1) is 13.8 Å². The molecule has 0 spiro atoms. The number of anilines is 2. The second kappa shape index (κ2) is 6.22. The Morgan fingerprint density at radius 3 is 2.50 bits per heavy atom. The number of carbonyl (C=O) groups excluding carboxylic acids is 1. The molecule has 0 saturated carbocycles. The summed E-state index contributed by atoms with van der Waals surface area (Å²) in [6.07, 6.45) is 2.44. The monoisotopic (exact) mass is 294 g/mol. The highest BCUT2D eigenvalue weighted by Gasteiger charge is 2.17. The summed E-state index contributed by atoms with van der Waals surface area (Å²) >= 11 is 0. The van der Waals surface area contributed by atoms with Crippen molar-refractivity contribution in [1.29, 1.82) is 0 Å². The van der Waals surface area contributed by atoms with E-state index in [2.05, 4.69) is 16.3 Å². The van der Waals surface area contributed by atoms with Gasteiger partial charge in [0.1, 0.15) is 0 Å². The van der Waals surface area contributed by atoms with E-state index in [1.165, 1.54) is 12.8 Å². The largest absolute Gasteiger partial charge is 0.370 e. The van der Waals surface area contributed by atoms with Gasteiger partial charge in [0, 0.05) is 18.7 Å². The predicted octanol–water partition coefficient (Wildman–Crippen LogP) is 4.16. The fourth-order valence-electron chi connectivity index (χ4n) is 3.00. The first-order valence-corrected chi connectivity index (χ1v) is 7.88. The zero-order valence-electron chi connectivity index (χ0n) is 13.2. The first-order valence-electron chi connectivity index (χ1n) is 7.88. The quantitative estimate of drug-likeness (QED) is 0.922. The Hall–Kier alpha value is -2.29. The first-order chi connectivity index (χ1) is 10.7. The number of carbonyl (C=O) groups is 1. The van der Waals surface area contributed by atoms with E-state index >= 15 is 0 Å². The normalized spacial score (nSPS) is 14.2. The molecule has 1 aliphatic rings. The van der Waals surface area contributed by atoms with Gasteiger partial charge in [0.25, 0.3) is 5.91 Å². The smallest absolute Gasteiger partial charge is 0.255 e. The number of rotatable bonds is 3. The van der Waals surface area contributed by atoms with Gasteiger partial charge in [-0.3, -0.25) is 4.79 Å². The van der Waals surface area contributed by atoms with Crippen LogP contribution >= 0.6 is 0 Å². The standard InChI is InChI=1S/C19H22N2O/c1-14-8-7-9-16(15(14)2)19(22)20-17-10-3-4-11-18(17)21-12-5-6-13-21/h3-4,7-11H,5-6,12-13H2,1-2H3,(H,20,22). The lowest BCUT2D eigenvalue weighted by atomic mass is 10.0. The Bertz CT molecular complexity index is 688. The van der Waals surface area contributed by atoms with Crippen LogP contribution in [0.5, 0.6) is 0 Å². The number of para-hydroxylation sites is 2. The van der Waals surface area contributed by atoms with Gasteiger partial charge in [0.2, 0.25) is 0 Å². The van der Waals surface area contributed by atoms with Crippen molar-refractivity contribution in [2.45, 2.75) is 26.7 Å². The van der Waals surface area contributed by atoms with Crippen LogP contribution < -0.4 is 10.2 Å². The van der Waals surface area contributed by atoms with Crippen molar-refractivity contribution < 1.29 is 4.79 Å². The van der Waals surface area contributed by atoms with Gasteiger partial charge in [0.15, 0.2) is 0 Å². The summed E-state index contributed by atoms with van der Waals surface area (Å²) in [7, 11) is 0. The van der Waals surface area contributed by atoms with Gasteiger partial charge in [-0.15, -0.1) is 0 Å². The van der Waals surface area contributed by atoms with Gasteiger partial charge in [0.05, 0.1) is 11.4 Å². The molecule has 2 aromatic carbocycles. The number of aryl methyl sites for hydroxylation is 1. The van der Waals surface area contributed by atoms with E-state index in [1.807, 2.05) is 50.2 Å². The highest BCUT2D eigenvalue weighted by molar-refractivity contribution is 6.07. The molecule has 2 aromatic rings. The zero-order valence-corrected chi connectivity index (χ0v) is 13.2. The molecule has 0 bridgehead atoms. The van der Waals surface area contributed by atoms with Gasteiger partial charge in [-0.2, -0.15) is 0 Å². The average Bonchev–Trinajstić information content (AvgIpc) is 3.04. The van der Waals surface area contributed by atoms with E-state index in [1.54, 1.807) is 0 Å². The third-order valence-electron chi connectivity index (χ3n) is 4.45. The van der Waals surface area contributed by atoms with E-state index in [9.17, 15) is 4.79 Å². The van der Waals surface area contributed by atoms with Crippen molar-refractivity contribution >= 4 is 17.3 Å². The molecular weight excluding hydrogens is 272 g/mol. The molecule has 0 aliphatic carbocycles. The van der Waals surface area contributed by atoms with Gasteiger partial charge in [-0.1, -0.05) is 24.3 Å². The number of hydrogen-bond acceptors (Lipinski definition) is 2. The van der Waals surface area contributed by atoms with Gasteiger partial charge in [-0.25, -0.2) is 0 Å². The lowest BCUT2D eigenvalue weighted by Gasteiger charge is -2.21. The lowest BCUT2D eigenvalue weighted by Crippen LogP contribution is -2.21. The van der Waals surface area contributed by atoms with Crippen LogP contribution in [-0.4, -0.2) is 19.0 Å². The molecule has 1 saturated heterocycles. The van der Waals surface area contributed by atoms with Crippen molar-refractivity contribution in [3.63, 3.8) is 0 Å². The molecule has 1 aliphatic heterocycles. The molecule has 114 valence electrons. The Morgan fingerprint density at radius 2 is 1.73 bits per heavy atom. The Kier molecular flexibility index (Phi) is 4.14. The van der Waals surface area contributed by atoms with Crippen molar-refractivity contribution in [2.75, 3.05) is 23.3 Å². The summed E-state index contributed by atoms with van der Waals surface area (Å²) in [5, 5.41) is 3.09. The molecule has 0 radical (unpaired) electrons. The molecule has 1 N–H and O–H groups in total. The molecular formula is C19H22N2O. The average molecular weight is 294 g/mol. The number of nitrogens with zero attached hydrogens (tertiary/aromatic N) is 1. The Balaban J connectivity index is 1.87. The SMILES string of the molecule is Cc1cccc(C(=O)Nc2ccccc2N2CCCC2)c1C. The molecule has 3 heteroatoms. The molecule has 0 aromatic heterocycles. The van der Waals surface area contributed by atoms with Crippen LogP contribution in [0.3, 0.4) is 0 Å². The zero-order chi connectivity index (χ0) is 15.5.